The van der Waals surface area contributed by atoms with Crippen molar-refractivity contribution in [3.8, 4) is 0 Å². The molecule has 0 aliphatic carbocycles. The van der Waals surface area contributed by atoms with Crippen LogP contribution < -0.4 is 5.73 Å². The van der Waals surface area contributed by atoms with E-state index in [0.717, 1.165) is 13.0 Å². The van der Waals surface area contributed by atoms with Gasteiger partial charge in [0, 0.05) is 13.2 Å². The molecule has 98 valence electrons. The molecular formula is C14H25NOS. The molecule has 0 amide bonds. The van der Waals surface area contributed by atoms with E-state index in [2.05, 4.69) is 23.8 Å². The Bertz CT molecular complexity index is 261. The van der Waals surface area contributed by atoms with Gasteiger partial charge in [-0.05, 0) is 28.8 Å². The second-order valence-corrected chi connectivity index (χ2v) is 5.20. The van der Waals surface area contributed by atoms with E-state index < -0.39 is 0 Å². The summed E-state index contributed by atoms with van der Waals surface area (Å²) in [5.74, 6) is 0. The Kier molecular flexibility index (Phi) is 8.32. The number of rotatable bonds is 10. The van der Waals surface area contributed by atoms with Crippen molar-refractivity contribution < 1.29 is 4.74 Å². The molecule has 1 aromatic rings. The number of unbranched alkanes of at least 4 members (excludes halogenated alkanes) is 5. The maximum Gasteiger partial charge on any atom is 0.0955 e. The fourth-order valence-corrected chi connectivity index (χ4v) is 2.57. The zero-order valence-electron chi connectivity index (χ0n) is 10.9. The Balaban J connectivity index is 2.04. The molecular weight excluding hydrogens is 230 g/mol. The van der Waals surface area contributed by atoms with Crippen LogP contribution in [-0.4, -0.2) is 13.2 Å². The van der Waals surface area contributed by atoms with Gasteiger partial charge in [0.25, 0.3) is 0 Å². The molecule has 0 aliphatic rings. The summed E-state index contributed by atoms with van der Waals surface area (Å²) in [6, 6.07) is 2.10. The first-order valence-corrected chi connectivity index (χ1v) is 7.66. The minimum absolute atomic E-state index is 0.0943. The summed E-state index contributed by atoms with van der Waals surface area (Å²) in [4.78, 5) is 0. The zero-order chi connectivity index (χ0) is 12.3. The number of thiophene rings is 1. The van der Waals surface area contributed by atoms with Gasteiger partial charge in [0.2, 0.25) is 0 Å². The van der Waals surface area contributed by atoms with Crippen LogP contribution in [0.3, 0.4) is 0 Å². The van der Waals surface area contributed by atoms with Crippen molar-refractivity contribution in [2.45, 2.75) is 51.6 Å². The van der Waals surface area contributed by atoms with Gasteiger partial charge in [-0.3, -0.25) is 0 Å². The first-order valence-electron chi connectivity index (χ1n) is 6.72. The summed E-state index contributed by atoms with van der Waals surface area (Å²) in [5, 5.41) is 4.20. The van der Waals surface area contributed by atoms with E-state index in [1.54, 1.807) is 11.3 Å². The first-order chi connectivity index (χ1) is 8.38. The third-order valence-corrected chi connectivity index (χ3v) is 3.65. The van der Waals surface area contributed by atoms with E-state index >= 15 is 0 Å². The van der Waals surface area contributed by atoms with Crippen LogP contribution in [0, 0.1) is 0 Å². The normalized spacial score (nSPS) is 12.8. The van der Waals surface area contributed by atoms with E-state index in [1.807, 2.05) is 0 Å². The van der Waals surface area contributed by atoms with Gasteiger partial charge in [-0.1, -0.05) is 39.0 Å². The lowest BCUT2D eigenvalue weighted by Crippen LogP contribution is -2.15. The van der Waals surface area contributed by atoms with Gasteiger partial charge in [0.15, 0.2) is 0 Å². The van der Waals surface area contributed by atoms with Crippen LogP contribution >= 0.6 is 11.3 Å². The molecule has 1 unspecified atom stereocenters. The molecule has 2 N–H and O–H groups in total. The number of nitrogens with two attached hydrogens (primary N) is 1. The number of ether oxygens (including phenoxy) is 1. The van der Waals surface area contributed by atoms with Crippen molar-refractivity contribution in [1.29, 1.82) is 0 Å². The number of hydrogen-bond acceptors (Lipinski definition) is 3. The second kappa shape index (κ2) is 9.63. The minimum atomic E-state index is 0.0943. The lowest BCUT2D eigenvalue weighted by molar-refractivity contribution is 0.0560. The van der Waals surface area contributed by atoms with E-state index in [4.69, 9.17) is 10.5 Å². The molecule has 0 bridgehead atoms. The minimum Gasteiger partial charge on any atom is -0.372 e. The van der Waals surface area contributed by atoms with Crippen molar-refractivity contribution in [3.05, 3.63) is 22.4 Å². The summed E-state index contributed by atoms with van der Waals surface area (Å²) >= 11 is 1.70. The molecule has 2 nitrogen and oxygen atoms in total. The van der Waals surface area contributed by atoms with Gasteiger partial charge in [-0.15, -0.1) is 0 Å². The van der Waals surface area contributed by atoms with Gasteiger partial charge >= 0.3 is 0 Å². The molecule has 1 heterocycles. The van der Waals surface area contributed by atoms with Gasteiger partial charge in [-0.2, -0.15) is 11.3 Å². The second-order valence-electron chi connectivity index (χ2n) is 4.42. The van der Waals surface area contributed by atoms with Crippen LogP contribution in [0.5, 0.6) is 0 Å². The SMILES string of the molecule is CCCCCCCCOC(CN)c1ccsc1. The summed E-state index contributed by atoms with van der Waals surface area (Å²) in [5.41, 5.74) is 6.95. The highest BCUT2D eigenvalue weighted by Gasteiger charge is 2.09. The highest BCUT2D eigenvalue weighted by Crippen LogP contribution is 2.19. The molecule has 0 fully saturated rings. The predicted octanol–water partition coefficient (Wildman–Crippen LogP) is 4.13. The molecule has 0 saturated carbocycles. The molecule has 0 aromatic carbocycles. The fraction of sp³-hybridized carbons (Fsp3) is 0.714. The molecule has 3 heteroatoms. The standard InChI is InChI=1S/C14H25NOS/c1-2-3-4-5-6-7-9-16-14(11-15)13-8-10-17-12-13/h8,10,12,14H,2-7,9,11,15H2,1H3. The van der Waals surface area contributed by atoms with E-state index in [-0.39, 0.29) is 6.10 Å². The molecule has 1 rings (SSSR count). The number of hydrogen-bond donors (Lipinski definition) is 1. The van der Waals surface area contributed by atoms with Crippen molar-refractivity contribution in [1.82, 2.24) is 0 Å². The molecule has 0 spiro atoms. The van der Waals surface area contributed by atoms with Crippen LogP contribution in [0.4, 0.5) is 0 Å². The summed E-state index contributed by atoms with van der Waals surface area (Å²) in [7, 11) is 0. The highest BCUT2D eigenvalue weighted by atomic mass is 32.1. The lowest BCUT2D eigenvalue weighted by atomic mass is 10.1. The molecule has 1 atom stereocenters. The maximum absolute atomic E-state index is 5.82. The third-order valence-electron chi connectivity index (χ3n) is 2.95. The largest absolute Gasteiger partial charge is 0.372 e. The van der Waals surface area contributed by atoms with Gasteiger partial charge in [-0.25, -0.2) is 0 Å². The van der Waals surface area contributed by atoms with Crippen LogP contribution in [0.2, 0.25) is 0 Å². The van der Waals surface area contributed by atoms with Crippen LogP contribution in [-0.2, 0) is 4.74 Å². The molecule has 1 aromatic heterocycles. The van der Waals surface area contributed by atoms with Gasteiger partial charge in [0.05, 0.1) is 6.10 Å². The third kappa shape index (κ3) is 6.20. The Labute approximate surface area is 109 Å². The van der Waals surface area contributed by atoms with Crippen LogP contribution in [0.15, 0.2) is 16.8 Å². The molecule has 17 heavy (non-hydrogen) atoms. The Morgan fingerprint density at radius 3 is 2.65 bits per heavy atom. The maximum atomic E-state index is 5.82. The quantitative estimate of drug-likeness (QED) is 0.638. The van der Waals surface area contributed by atoms with Crippen molar-refractivity contribution >= 4 is 11.3 Å². The summed E-state index contributed by atoms with van der Waals surface area (Å²) in [6.07, 6.45) is 7.90. The molecule has 0 aliphatic heterocycles. The Morgan fingerprint density at radius 2 is 2.00 bits per heavy atom. The average molecular weight is 255 g/mol. The Hall–Kier alpha value is -0.380. The van der Waals surface area contributed by atoms with Gasteiger partial charge in [0.1, 0.15) is 0 Å². The first kappa shape index (κ1) is 14.7. The van der Waals surface area contributed by atoms with Gasteiger partial charge < -0.3 is 10.5 Å². The monoisotopic (exact) mass is 255 g/mol. The molecule has 0 radical (unpaired) electrons. The fourth-order valence-electron chi connectivity index (χ4n) is 1.87. The summed E-state index contributed by atoms with van der Waals surface area (Å²) in [6.45, 7) is 3.66. The zero-order valence-corrected chi connectivity index (χ0v) is 11.7. The van der Waals surface area contributed by atoms with E-state index in [9.17, 15) is 0 Å². The molecule has 0 saturated heterocycles. The van der Waals surface area contributed by atoms with Crippen molar-refractivity contribution in [2.75, 3.05) is 13.2 Å². The van der Waals surface area contributed by atoms with Crippen molar-refractivity contribution in [3.63, 3.8) is 0 Å². The van der Waals surface area contributed by atoms with Crippen LogP contribution in [0.1, 0.15) is 57.1 Å². The van der Waals surface area contributed by atoms with Crippen molar-refractivity contribution in [2.24, 2.45) is 5.73 Å². The van der Waals surface area contributed by atoms with E-state index in [1.165, 1.54) is 37.7 Å². The Morgan fingerprint density at radius 1 is 1.24 bits per heavy atom. The summed E-state index contributed by atoms with van der Waals surface area (Å²) < 4.78 is 5.82. The topological polar surface area (TPSA) is 35.2 Å². The van der Waals surface area contributed by atoms with E-state index in [0.29, 0.717) is 6.54 Å². The highest BCUT2D eigenvalue weighted by molar-refractivity contribution is 7.07. The predicted molar refractivity (Wildman–Crippen MR) is 75.4 cm³/mol. The van der Waals surface area contributed by atoms with Crippen LogP contribution in [0.25, 0.3) is 0 Å². The average Bonchev–Trinajstić information content (AvgIpc) is 2.86. The lowest BCUT2D eigenvalue weighted by Gasteiger charge is -2.14. The smallest absolute Gasteiger partial charge is 0.0955 e.